The number of benzene rings is 9. The number of rotatable bonds is 6. The highest BCUT2D eigenvalue weighted by Gasteiger charge is 2.36. The average molecular weight is 690 g/mol. The maximum absolute atomic E-state index is 2.47. The van der Waals surface area contributed by atoms with E-state index in [1.54, 1.807) is 0 Å². The van der Waals surface area contributed by atoms with Crippen molar-refractivity contribution in [2.75, 3.05) is 4.90 Å². The van der Waals surface area contributed by atoms with E-state index in [1.807, 2.05) is 0 Å². The highest BCUT2D eigenvalue weighted by Crippen LogP contribution is 2.52. The third-order valence-corrected chi connectivity index (χ3v) is 11.5. The fourth-order valence-corrected chi connectivity index (χ4v) is 8.61. The van der Waals surface area contributed by atoms with E-state index in [0.717, 1.165) is 17.1 Å². The molecule has 0 saturated heterocycles. The minimum atomic E-state index is -0.190. The Morgan fingerprint density at radius 1 is 0.333 bits per heavy atom. The summed E-state index contributed by atoms with van der Waals surface area (Å²) in [5.41, 5.74) is 15.9. The van der Waals surface area contributed by atoms with Gasteiger partial charge in [0.25, 0.3) is 0 Å². The standard InChI is InChI=1S/C53H39N/c1-53(2)49-34-43(42-28-25-37-15-6-7-17-41(37)33-42)29-31-47(49)48-32-30-44(35-50(48)53)54(52-22-12-18-39-16-8-9-19-45(39)52)51-21-11-10-20-46(51)40-26-23-38(24-27-40)36-13-4-3-5-14-36/h3-35H,1-2H3. The van der Waals surface area contributed by atoms with E-state index in [0.29, 0.717) is 0 Å². The fraction of sp³-hybridized carbons (Fsp3) is 0.0566. The molecular weight excluding hydrogens is 651 g/mol. The van der Waals surface area contributed by atoms with Crippen molar-refractivity contribution in [2.45, 2.75) is 19.3 Å². The molecule has 1 nitrogen and oxygen atoms in total. The monoisotopic (exact) mass is 689 g/mol. The molecule has 0 aromatic heterocycles. The third kappa shape index (κ3) is 5.32. The smallest absolute Gasteiger partial charge is 0.0540 e. The Kier molecular flexibility index (Phi) is 7.56. The van der Waals surface area contributed by atoms with Crippen molar-refractivity contribution >= 4 is 38.6 Å². The van der Waals surface area contributed by atoms with Crippen molar-refractivity contribution in [2.24, 2.45) is 0 Å². The van der Waals surface area contributed by atoms with E-state index in [4.69, 9.17) is 0 Å². The van der Waals surface area contributed by atoms with Crippen LogP contribution in [-0.2, 0) is 5.41 Å². The quantitative estimate of drug-likeness (QED) is 0.168. The number of fused-ring (bicyclic) bond motifs is 5. The normalized spacial score (nSPS) is 12.8. The molecule has 0 spiro atoms. The SMILES string of the molecule is CC1(C)c2cc(-c3ccc4ccccc4c3)ccc2-c2ccc(N(c3ccccc3-c3ccc(-c4ccccc4)cc3)c3cccc4ccccc34)cc21. The van der Waals surface area contributed by atoms with Gasteiger partial charge in [-0.25, -0.2) is 0 Å². The van der Waals surface area contributed by atoms with E-state index in [-0.39, 0.29) is 5.41 Å². The van der Waals surface area contributed by atoms with Crippen molar-refractivity contribution in [1.82, 2.24) is 0 Å². The van der Waals surface area contributed by atoms with Crippen LogP contribution in [0.5, 0.6) is 0 Å². The van der Waals surface area contributed by atoms with Crippen molar-refractivity contribution in [3.63, 3.8) is 0 Å². The van der Waals surface area contributed by atoms with Crippen molar-refractivity contribution in [3.05, 3.63) is 211 Å². The number of para-hydroxylation sites is 1. The lowest BCUT2D eigenvalue weighted by Crippen LogP contribution is -2.17. The van der Waals surface area contributed by atoms with Crippen molar-refractivity contribution in [1.29, 1.82) is 0 Å². The van der Waals surface area contributed by atoms with Gasteiger partial charge in [-0.05, 0) is 103 Å². The van der Waals surface area contributed by atoms with E-state index in [9.17, 15) is 0 Å². The second-order valence-electron chi connectivity index (χ2n) is 15.0. The number of hydrogen-bond acceptors (Lipinski definition) is 1. The second kappa shape index (κ2) is 12.8. The summed E-state index contributed by atoms with van der Waals surface area (Å²) in [7, 11) is 0. The zero-order valence-electron chi connectivity index (χ0n) is 30.5. The molecule has 1 aliphatic carbocycles. The van der Waals surface area contributed by atoms with Crippen LogP contribution in [-0.4, -0.2) is 0 Å². The molecule has 9 aromatic carbocycles. The van der Waals surface area contributed by atoms with E-state index in [1.165, 1.54) is 77.2 Å². The van der Waals surface area contributed by atoms with E-state index >= 15 is 0 Å². The molecule has 0 radical (unpaired) electrons. The molecule has 0 saturated carbocycles. The van der Waals surface area contributed by atoms with Crippen LogP contribution in [0.1, 0.15) is 25.0 Å². The zero-order valence-corrected chi connectivity index (χ0v) is 30.5. The molecule has 0 fully saturated rings. The summed E-state index contributed by atoms with van der Waals surface area (Å²) in [5, 5.41) is 4.98. The van der Waals surface area contributed by atoms with Gasteiger partial charge >= 0.3 is 0 Å². The van der Waals surface area contributed by atoms with Crippen LogP contribution in [0.3, 0.4) is 0 Å². The lowest BCUT2D eigenvalue weighted by Gasteiger charge is -2.30. The van der Waals surface area contributed by atoms with Crippen LogP contribution in [0, 0.1) is 0 Å². The summed E-state index contributed by atoms with van der Waals surface area (Å²) >= 11 is 0. The number of anilines is 3. The first-order valence-corrected chi connectivity index (χ1v) is 18.8. The second-order valence-corrected chi connectivity index (χ2v) is 15.0. The van der Waals surface area contributed by atoms with Crippen molar-refractivity contribution < 1.29 is 0 Å². The molecule has 0 aliphatic heterocycles. The van der Waals surface area contributed by atoms with Gasteiger partial charge in [0.05, 0.1) is 11.4 Å². The Bertz CT molecular complexity index is 2840. The highest BCUT2D eigenvalue weighted by molar-refractivity contribution is 6.01. The molecule has 54 heavy (non-hydrogen) atoms. The maximum atomic E-state index is 2.47. The summed E-state index contributed by atoms with van der Waals surface area (Å²) in [6, 6.07) is 73.4. The molecule has 0 N–H and O–H groups in total. The third-order valence-electron chi connectivity index (χ3n) is 11.5. The molecular formula is C53H39N. The zero-order chi connectivity index (χ0) is 36.2. The summed E-state index contributed by atoms with van der Waals surface area (Å²) < 4.78 is 0. The molecule has 9 aromatic rings. The van der Waals surface area contributed by atoms with Crippen LogP contribution < -0.4 is 4.90 Å². The van der Waals surface area contributed by atoms with E-state index < -0.39 is 0 Å². The molecule has 1 heteroatoms. The molecule has 0 atom stereocenters. The predicted molar refractivity (Wildman–Crippen MR) is 230 cm³/mol. The Morgan fingerprint density at radius 2 is 0.889 bits per heavy atom. The van der Waals surface area contributed by atoms with Crippen LogP contribution in [0.15, 0.2) is 200 Å². The topological polar surface area (TPSA) is 3.24 Å². The maximum Gasteiger partial charge on any atom is 0.0540 e. The molecule has 0 amide bonds. The van der Waals surface area contributed by atoms with Crippen molar-refractivity contribution in [3.8, 4) is 44.5 Å². The Labute approximate surface area is 317 Å². The largest absolute Gasteiger partial charge is 0.309 e. The van der Waals surface area contributed by atoms with Gasteiger partial charge in [0.2, 0.25) is 0 Å². The first kappa shape index (κ1) is 32.0. The summed E-state index contributed by atoms with van der Waals surface area (Å²) in [6.45, 7) is 4.77. The van der Waals surface area contributed by atoms with Crippen LogP contribution in [0.25, 0.3) is 66.1 Å². The summed E-state index contributed by atoms with van der Waals surface area (Å²) in [4.78, 5) is 2.47. The van der Waals surface area contributed by atoms with Gasteiger partial charge < -0.3 is 4.90 Å². The lowest BCUT2D eigenvalue weighted by atomic mass is 9.81. The van der Waals surface area contributed by atoms with Gasteiger partial charge in [-0.15, -0.1) is 0 Å². The minimum absolute atomic E-state index is 0.190. The molecule has 0 unspecified atom stereocenters. The Hall–Kier alpha value is -6.70. The van der Waals surface area contributed by atoms with E-state index in [2.05, 4.69) is 219 Å². The molecule has 256 valence electrons. The average Bonchev–Trinajstić information content (AvgIpc) is 3.46. The van der Waals surface area contributed by atoms with Gasteiger partial charge in [0, 0.05) is 22.1 Å². The summed E-state index contributed by atoms with van der Waals surface area (Å²) in [5.74, 6) is 0. The minimum Gasteiger partial charge on any atom is -0.309 e. The molecule has 1 aliphatic rings. The van der Waals surface area contributed by atoms with Gasteiger partial charge in [-0.3, -0.25) is 0 Å². The van der Waals surface area contributed by atoms with Gasteiger partial charge in [-0.2, -0.15) is 0 Å². The highest BCUT2D eigenvalue weighted by atomic mass is 15.1. The Balaban J connectivity index is 1.11. The first-order valence-electron chi connectivity index (χ1n) is 18.8. The van der Waals surface area contributed by atoms with Gasteiger partial charge in [-0.1, -0.05) is 178 Å². The number of nitrogens with zero attached hydrogens (tertiary/aromatic N) is 1. The molecule has 10 rings (SSSR count). The lowest BCUT2D eigenvalue weighted by molar-refractivity contribution is 0.660. The van der Waals surface area contributed by atoms with Crippen LogP contribution in [0.2, 0.25) is 0 Å². The molecule has 0 bridgehead atoms. The number of hydrogen-bond donors (Lipinski definition) is 0. The van der Waals surface area contributed by atoms with Gasteiger partial charge in [0.1, 0.15) is 0 Å². The Morgan fingerprint density at radius 3 is 1.72 bits per heavy atom. The fourth-order valence-electron chi connectivity index (χ4n) is 8.61. The first-order chi connectivity index (χ1) is 26.5. The predicted octanol–water partition coefficient (Wildman–Crippen LogP) is 14.8. The summed E-state index contributed by atoms with van der Waals surface area (Å²) in [6.07, 6.45) is 0. The van der Waals surface area contributed by atoms with Crippen LogP contribution in [0.4, 0.5) is 17.1 Å². The molecule has 0 heterocycles. The van der Waals surface area contributed by atoms with Crippen LogP contribution >= 0.6 is 0 Å². The van der Waals surface area contributed by atoms with Gasteiger partial charge in [0.15, 0.2) is 0 Å².